The van der Waals surface area contributed by atoms with Crippen molar-refractivity contribution in [1.29, 1.82) is 0 Å². The lowest BCUT2D eigenvalue weighted by atomic mass is 10.2. The topological polar surface area (TPSA) is 126 Å². The monoisotopic (exact) mass is 289 g/mol. The van der Waals surface area contributed by atoms with Gasteiger partial charge in [0.25, 0.3) is 0 Å². The highest BCUT2D eigenvalue weighted by Gasteiger charge is 2.14. The maximum absolute atomic E-state index is 12.0. The molecule has 21 heavy (non-hydrogen) atoms. The summed E-state index contributed by atoms with van der Waals surface area (Å²) < 4.78 is 10.5. The fourth-order valence-corrected chi connectivity index (χ4v) is 1.65. The van der Waals surface area contributed by atoms with Gasteiger partial charge in [0.1, 0.15) is 11.3 Å². The zero-order chi connectivity index (χ0) is 15.2. The number of hydrogen-bond donors (Lipinski definition) is 2. The van der Waals surface area contributed by atoms with Crippen LogP contribution in [-0.4, -0.2) is 27.5 Å². The summed E-state index contributed by atoms with van der Waals surface area (Å²) >= 11 is 0. The number of ether oxygens (including phenoxy) is 2. The van der Waals surface area contributed by atoms with Gasteiger partial charge in [0.15, 0.2) is 12.4 Å². The van der Waals surface area contributed by atoms with Crippen molar-refractivity contribution >= 4 is 17.9 Å². The number of nitrogens with two attached hydrogens (primary N) is 2. The fraction of sp³-hybridized carbons (Fsp3) is 0.231. The van der Waals surface area contributed by atoms with Crippen LogP contribution in [-0.2, 0) is 11.3 Å². The van der Waals surface area contributed by atoms with Crippen LogP contribution in [0.25, 0.3) is 0 Å². The number of nitrogens with zero attached hydrogens (tertiary/aromatic N) is 3. The van der Waals surface area contributed by atoms with Gasteiger partial charge in [0, 0.05) is 0 Å². The molecule has 4 N–H and O–H groups in total. The first kappa shape index (κ1) is 14.5. The van der Waals surface area contributed by atoms with Gasteiger partial charge in [-0.25, -0.2) is 4.79 Å². The number of rotatable bonds is 5. The molecular formula is C13H15N5O3. The van der Waals surface area contributed by atoms with E-state index in [1.807, 2.05) is 6.92 Å². The lowest BCUT2D eigenvalue weighted by molar-refractivity contribution is 0.0458. The van der Waals surface area contributed by atoms with Crippen molar-refractivity contribution < 1.29 is 14.3 Å². The quantitative estimate of drug-likeness (QED) is 0.773. The SMILES string of the molecule is CCOc1ccccc1C(=O)OCc1nc(N)nc(N)n1. The van der Waals surface area contributed by atoms with E-state index in [-0.39, 0.29) is 24.3 Å². The summed E-state index contributed by atoms with van der Waals surface area (Å²) in [5.41, 5.74) is 11.2. The van der Waals surface area contributed by atoms with Crippen molar-refractivity contribution in [2.45, 2.75) is 13.5 Å². The van der Waals surface area contributed by atoms with Crippen LogP contribution in [0.3, 0.4) is 0 Å². The zero-order valence-electron chi connectivity index (χ0n) is 11.4. The fourth-order valence-electron chi connectivity index (χ4n) is 1.65. The van der Waals surface area contributed by atoms with Crippen LogP contribution >= 0.6 is 0 Å². The molecule has 2 rings (SSSR count). The lowest BCUT2D eigenvalue weighted by Crippen LogP contribution is -2.12. The van der Waals surface area contributed by atoms with Crippen molar-refractivity contribution in [1.82, 2.24) is 15.0 Å². The molecule has 0 saturated heterocycles. The molecule has 2 aromatic rings. The Morgan fingerprint density at radius 3 is 2.48 bits per heavy atom. The lowest BCUT2D eigenvalue weighted by Gasteiger charge is -2.09. The normalized spacial score (nSPS) is 10.1. The van der Waals surface area contributed by atoms with E-state index in [9.17, 15) is 4.79 Å². The minimum atomic E-state index is -0.545. The number of carbonyl (C=O) groups excluding carboxylic acids is 1. The smallest absolute Gasteiger partial charge is 0.342 e. The van der Waals surface area contributed by atoms with Crippen LogP contribution < -0.4 is 16.2 Å². The number of anilines is 2. The molecule has 0 aliphatic carbocycles. The number of aromatic nitrogens is 3. The second kappa shape index (κ2) is 6.51. The van der Waals surface area contributed by atoms with Gasteiger partial charge in [-0.3, -0.25) is 0 Å². The summed E-state index contributed by atoms with van der Waals surface area (Å²) in [6.07, 6.45) is 0. The summed E-state index contributed by atoms with van der Waals surface area (Å²) in [5.74, 6) is 0.0463. The van der Waals surface area contributed by atoms with Crippen molar-refractivity contribution in [3.05, 3.63) is 35.7 Å². The minimum Gasteiger partial charge on any atom is -0.493 e. The third-order valence-corrected chi connectivity index (χ3v) is 2.46. The molecule has 0 amide bonds. The Morgan fingerprint density at radius 1 is 1.14 bits per heavy atom. The Bertz CT molecular complexity index is 627. The highest BCUT2D eigenvalue weighted by molar-refractivity contribution is 5.92. The molecule has 0 saturated carbocycles. The molecule has 8 heteroatoms. The summed E-state index contributed by atoms with van der Waals surface area (Å²) in [7, 11) is 0. The summed E-state index contributed by atoms with van der Waals surface area (Å²) in [6, 6.07) is 6.80. The Morgan fingerprint density at radius 2 is 1.81 bits per heavy atom. The van der Waals surface area contributed by atoms with Crippen molar-refractivity contribution in [3.8, 4) is 5.75 Å². The Kier molecular flexibility index (Phi) is 4.50. The van der Waals surface area contributed by atoms with Gasteiger partial charge in [0.2, 0.25) is 11.9 Å². The molecule has 1 heterocycles. The molecule has 0 spiro atoms. The molecule has 0 bridgehead atoms. The van der Waals surface area contributed by atoms with E-state index in [0.717, 1.165) is 0 Å². The first-order valence-electron chi connectivity index (χ1n) is 6.25. The average molecular weight is 289 g/mol. The van der Waals surface area contributed by atoms with Gasteiger partial charge in [-0.1, -0.05) is 12.1 Å². The van der Waals surface area contributed by atoms with E-state index in [4.69, 9.17) is 20.9 Å². The predicted octanol–water partition coefficient (Wildman–Crippen LogP) is 0.792. The van der Waals surface area contributed by atoms with Crippen LogP contribution in [0.15, 0.2) is 24.3 Å². The van der Waals surface area contributed by atoms with E-state index in [2.05, 4.69) is 15.0 Å². The van der Waals surface area contributed by atoms with E-state index in [1.165, 1.54) is 0 Å². The van der Waals surface area contributed by atoms with Crippen LogP contribution in [0.5, 0.6) is 5.75 Å². The number of hydrogen-bond acceptors (Lipinski definition) is 8. The number of para-hydroxylation sites is 1. The van der Waals surface area contributed by atoms with Crippen LogP contribution in [0.1, 0.15) is 23.1 Å². The number of carbonyl (C=O) groups is 1. The van der Waals surface area contributed by atoms with Gasteiger partial charge >= 0.3 is 5.97 Å². The first-order valence-corrected chi connectivity index (χ1v) is 6.25. The third kappa shape index (κ3) is 3.78. The Labute approximate surface area is 121 Å². The zero-order valence-corrected chi connectivity index (χ0v) is 11.4. The largest absolute Gasteiger partial charge is 0.493 e. The van der Waals surface area contributed by atoms with Crippen molar-refractivity contribution in [2.75, 3.05) is 18.1 Å². The second-order valence-electron chi connectivity index (χ2n) is 3.97. The molecule has 0 radical (unpaired) electrons. The van der Waals surface area contributed by atoms with E-state index in [1.54, 1.807) is 24.3 Å². The van der Waals surface area contributed by atoms with Crippen molar-refractivity contribution in [3.63, 3.8) is 0 Å². The molecule has 8 nitrogen and oxygen atoms in total. The predicted molar refractivity (Wildman–Crippen MR) is 75.4 cm³/mol. The molecule has 0 fully saturated rings. The maximum Gasteiger partial charge on any atom is 0.342 e. The van der Waals surface area contributed by atoms with Gasteiger partial charge in [-0.15, -0.1) is 0 Å². The summed E-state index contributed by atoms with van der Waals surface area (Å²) in [4.78, 5) is 23.3. The van der Waals surface area contributed by atoms with E-state index in [0.29, 0.717) is 17.9 Å². The molecule has 0 unspecified atom stereocenters. The molecule has 0 aliphatic heterocycles. The number of esters is 1. The minimum absolute atomic E-state index is 0.0248. The molecule has 0 atom stereocenters. The average Bonchev–Trinajstić information content (AvgIpc) is 2.45. The standard InChI is InChI=1S/C13H15N5O3/c1-2-20-9-6-4-3-5-8(9)11(19)21-7-10-16-12(14)18-13(15)17-10/h3-6H,2,7H2,1H3,(H4,14,15,16,17,18). The third-order valence-electron chi connectivity index (χ3n) is 2.46. The maximum atomic E-state index is 12.0. The van der Waals surface area contributed by atoms with Crippen LogP contribution in [0.4, 0.5) is 11.9 Å². The van der Waals surface area contributed by atoms with Gasteiger partial charge in [-0.05, 0) is 19.1 Å². The highest BCUT2D eigenvalue weighted by atomic mass is 16.5. The molecule has 110 valence electrons. The Balaban J connectivity index is 2.08. The van der Waals surface area contributed by atoms with Crippen LogP contribution in [0.2, 0.25) is 0 Å². The Hall–Kier alpha value is -2.90. The van der Waals surface area contributed by atoms with E-state index >= 15 is 0 Å². The van der Waals surface area contributed by atoms with Crippen LogP contribution in [0, 0.1) is 0 Å². The first-order chi connectivity index (χ1) is 10.1. The highest BCUT2D eigenvalue weighted by Crippen LogP contribution is 2.19. The number of nitrogen functional groups attached to an aromatic ring is 2. The van der Waals surface area contributed by atoms with Gasteiger partial charge < -0.3 is 20.9 Å². The van der Waals surface area contributed by atoms with Gasteiger partial charge in [0.05, 0.1) is 6.61 Å². The molecule has 1 aromatic carbocycles. The van der Waals surface area contributed by atoms with E-state index < -0.39 is 5.97 Å². The molecular weight excluding hydrogens is 274 g/mol. The molecule has 0 aliphatic rings. The van der Waals surface area contributed by atoms with Crippen molar-refractivity contribution in [2.24, 2.45) is 0 Å². The molecule has 1 aromatic heterocycles. The number of benzene rings is 1. The summed E-state index contributed by atoms with van der Waals surface area (Å²) in [6.45, 7) is 2.12. The second-order valence-corrected chi connectivity index (χ2v) is 3.97. The summed E-state index contributed by atoms with van der Waals surface area (Å²) in [5, 5.41) is 0. The van der Waals surface area contributed by atoms with Gasteiger partial charge in [-0.2, -0.15) is 15.0 Å².